The van der Waals surface area contributed by atoms with Crippen LogP contribution in [0.15, 0.2) is 91.1 Å². The van der Waals surface area contributed by atoms with Gasteiger partial charge in [0.2, 0.25) is 11.4 Å². The van der Waals surface area contributed by atoms with Crippen molar-refractivity contribution >= 4 is 10.8 Å². The molecule has 0 unspecified atom stereocenters. The Balaban J connectivity index is 1.93. The Morgan fingerprint density at radius 3 is 1.92 bits per heavy atom. The van der Waals surface area contributed by atoms with Crippen LogP contribution in [-0.2, 0) is 6.18 Å². The number of aromatic nitrogens is 1. The molecule has 1 aromatic heterocycles. The zero-order valence-corrected chi connectivity index (χ0v) is 13.7. The third kappa shape index (κ3) is 3.06. The van der Waals surface area contributed by atoms with Crippen molar-refractivity contribution in [3.05, 3.63) is 96.7 Å². The van der Waals surface area contributed by atoms with E-state index in [9.17, 15) is 13.2 Å². The van der Waals surface area contributed by atoms with E-state index < -0.39 is 11.7 Å². The maximum Gasteiger partial charge on any atom is 0.416 e. The molecule has 26 heavy (non-hydrogen) atoms. The van der Waals surface area contributed by atoms with Crippen LogP contribution in [0.2, 0.25) is 0 Å². The Bertz CT molecular complexity index is 1050. The van der Waals surface area contributed by atoms with E-state index in [2.05, 4.69) is 6.07 Å². The molecule has 3 aromatic carbocycles. The lowest BCUT2D eigenvalue weighted by Crippen LogP contribution is -2.33. The van der Waals surface area contributed by atoms with Gasteiger partial charge in [0.05, 0.1) is 5.56 Å². The maximum atomic E-state index is 12.9. The van der Waals surface area contributed by atoms with Crippen molar-refractivity contribution in [3.63, 3.8) is 0 Å². The van der Waals surface area contributed by atoms with E-state index >= 15 is 0 Å². The number of fused-ring (bicyclic) bond motifs is 1. The lowest BCUT2D eigenvalue weighted by Gasteiger charge is -2.08. The summed E-state index contributed by atoms with van der Waals surface area (Å²) in [6.07, 6.45) is -2.38. The summed E-state index contributed by atoms with van der Waals surface area (Å²) in [4.78, 5) is 0. The lowest BCUT2D eigenvalue weighted by molar-refractivity contribution is -0.582. The molecule has 0 saturated carbocycles. The van der Waals surface area contributed by atoms with Gasteiger partial charge in [0.25, 0.3) is 0 Å². The molecule has 0 N–H and O–H groups in total. The number of hydrogen-bond acceptors (Lipinski definition) is 0. The first-order chi connectivity index (χ1) is 12.5. The normalized spacial score (nSPS) is 11.7. The van der Waals surface area contributed by atoms with Gasteiger partial charge in [0.15, 0.2) is 6.20 Å². The molecule has 128 valence electrons. The van der Waals surface area contributed by atoms with Crippen LogP contribution in [0.5, 0.6) is 0 Å². The van der Waals surface area contributed by atoms with Gasteiger partial charge in [-0.2, -0.15) is 17.7 Å². The monoisotopic (exact) mass is 350 g/mol. The van der Waals surface area contributed by atoms with Crippen LogP contribution in [0, 0.1) is 0 Å². The van der Waals surface area contributed by atoms with E-state index in [4.69, 9.17) is 0 Å². The number of rotatable bonds is 2. The predicted octanol–water partition coefficient (Wildman–Crippen LogP) is 5.80. The minimum atomic E-state index is -4.34. The van der Waals surface area contributed by atoms with Gasteiger partial charge in [0.1, 0.15) is 0 Å². The zero-order chi connectivity index (χ0) is 18.1. The molecule has 0 amide bonds. The van der Waals surface area contributed by atoms with Crippen LogP contribution in [-0.4, -0.2) is 0 Å². The van der Waals surface area contributed by atoms with E-state index in [1.807, 2.05) is 65.4 Å². The molecular formula is C22H15F3N+. The van der Waals surface area contributed by atoms with Crippen molar-refractivity contribution in [3.8, 4) is 16.9 Å². The molecule has 0 atom stereocenters. The average Bonchev–Trinajstić information content (AvgIpc) is 2.67. The Labute approximate surface area is 149 Å². The predicted molar refractivity (Wildman–Crippen MR) is 95.9 cm³/mol. The first-order valence-electron chi connectivity index (χ1n) is 8.20. The summed E-state index contributed by atoms with van der Waals surface area (Å²) in [6, 6.07) is 25.0. The van der Waals surface area contributed by atoms with E-state index in [1.165, 1.54) is 12.1 Å². The number of alkyl halides is 3. The van der Waals surface area contributed by atoms with E-state index in [0.29, 0.717) is 5.69 Å². The molecule has 1 nitrogen and oxygen atoms in total. The van der Waals surface area contributed by atoms with Gasteiger partial charge in [-0.05, 0) is 35.7 Å². The molecule has 0 bridgehead atoms. The number of hydrogen-bond donors (Lipinski definition) is 0. The molecule has 1 heterocycles. The summed E-state index contributed by atoms with van der Waals surface area (Å²) < 4.78 is 40.5. The summed E-state index contributed by atoms with van der Waals surface area (Å²) in [5, 5.41) is 2.10. The topological polar surface area (TPSA) is 3.88 Å². The van der Waals surface area contributed by atoms with Gasteiger partial charge in [-0.15, -0.1) is 0 Å². The summed E-state index contributed by atoms with van der Waals surface area (Å²) in [7, 11) is 0. The van der Waals surface area contributed by atoms with Gasteiger partial charge in [-0.3, -0.25) is 0 Å². The molecular weight excluding hydrogens is 335 g/mol. The molecule has 4 rings (SSSR count). The first-order valence-corrected chi connectivity index (χ1v) is 8.20. The Kier molecular flexibility index (Phi) is 3.96. The van der Waals surface area contributed by atoms with E-state index in [0.717, 1.165) is 34.2 Å². The fourth-order valence-corrected chi connectivity index (χ4v) is 3.04. The number of pyridine rings is 1. The Morgan fingerprint density at radius 1 is 0.654 bits per heavy atom. The second kappa shape index (κ2) is 6.30. The van der Waals surface area contributed by atoms with Crippen molar-refractivity contribution in [2.24, 2.45) is 0 Å². The van der Waals surface area contributed by atoms with Crippen molar-refractivity contribution in [2.45, 2.75) is 6.18 Å². The second-order valence-corrected chi connectivity index (χ2v) is 6.07. The third-order valence-corrected chi connectivity index (χ3v) is 4.36. The van der Waals surface area contributed by atoms with Crippen molar-refractivity contribution in [1.82, 2.24) is 0 Å². The SMILES string of the molecule is FC(F)(F)c1ccc(-[n+]2cc3ccccc3cc2-c2ccccc2)cc1. The van der Waals surface area contributed by atoms with Crippen molar-refractivity contribution in [2.75, 3.05) is 0 Å². The lowest BCUT2D eigenvalue weighted by atomic mass is 10.1. The van der Waals surface area contributed by atoms with Gasteiger partial charge >= 0.3 is 6.18 Å². The zero-order valence-electron chi connectivity index (χ0n) is 13.7. The fourth-order valence-electron chi connectivity index (χ4n) is 3.04. The maximum absolute atomic E-state index is 12.9. The number of benzene rings is 3. The molecule has 4 heteroatoms. The van der Waals surface area contributed by atoms with Crippen LogP contribution in [0.25, 0.3) is 27.7 Å². The van der Waals surface area contributed by atoms with Crippen LogP contribution >= 0.6 is 0 Å². The van der Waals surface area contributed by atoms with Crippen LogP contribution in [0.4, 0.5) is 13.2 Å². The van der Waals surface area contributed by atoms with Crippen molar-refractivity contribution in [1.29, 1.82) is 0 Å². The average molecular weight is 350 g/mol. The molecule has 0 saturated heterocycles. The van der Waals surface area contributed by atoms with Crippen LogP contribution in [0.3, 0.4) is 0 Å². The minimum absolute atomic E-state index is 0.649. The molecule has 0 radical (unpaired) electrons. The van der Waals surface area contributed by atoms with Crippen LogP contribution < -0.4 is 4.57 Å². The summed E-state index contributed by atoms with van der Waals surface area (Å²) in [6.45, 7) is 0. The second-order valence-electron chi connectivity index (χ2n) is 6.07. The summed E-state index contributed by atoms with van der Waals surface area (Å²) in [5.41, 5.74) is 1.95. The summed E-state index contributed by atoms with van der Waals surface area (Å²) in [5.74, 6) is 0. The fraction of sp³-hybridized carbons (Fsp3) is 0.0455. The Morgan fingerprint density at radius 2 is 1.27 bits per heavy atom. The van der Waals surface area contributed by atoms with Crippen molar-refractivity contribution < 1.29 is 17.7 Å². The number of halogens is 3. The van der Waals surface area contributed by atoms with E-state index in [1.54, 1.807) is 0 Å². The van der Waals surface area contributed by atoms with Crippen LogP contribution in [0.1, 0.15) is 5.56 Å². The summed E-state index contributed by atoms with van der Waals surface area (Å²) >= 11 is 0. The highest BCUT2D eigenvalue weighted by molar-refractivity contribution is 5.83. The third-order valence-electron chi connectivity index (χ3n) is 4.36. The molecule has 4 aromatic rings. The Hall–Kier alpha value is -3.14. The molecule has 0 aliphatic carbocycles. The van der Waals surface area contributed by atoms with Gasteiger partial charge < -0.3 is 0 Å². The van der Waals surface area contributed by atoms with Gasteiger partial charge in [-0.25, -0.2) is 0 Å². The highest BCUT2D eigenvalue weighted by atomic mass is 19.4. The van der Waals surface area contributed by atoms with Gasteiger partial charge in [-0.1, -0.05) is 36.4 Å². The number of nitrogens with zero attached hydrogens (tertiary/aromatic N) is 1. The molecule has 0 spiro atoms. The molecule has 0 aliphatic rings. The largest absolute Gasteiger partial charge is 0.416 e. The minimum Gasteiger partial charge on any atom is -0.166 e. The first kappa shape index (κ1) is 16.3. The molecule has 0 aliphatic heterocycles. The highest BCUT2D eigenvalue weighted by Gasteiger charge is 2.30. The molecule has 0 fully saturated rings. The highest BCUT2D eigenvalue weighted by Crippen LogP contribution is 2.29. The standard InChI is InChI=1S/C22H15F3N/c23-22(24,25)19-10-12-20(13-11-19)26-15-18-9-5-4-8-17(18)14-21(26)16-6-2-1-3-7-16/h1-15H/q+1. The smallest absolute Gasteiger partial charge is 0.166 e. The van der Waals surface area contributed by atoms with Gasteiger partial charge in [0, 0.05) is 29.1 Å². The van der Waals surface area contributed by atoms with E-state index in [-0.39, 0.29) is 0 Å². The quantitative estimate of drug-likeness (QED) is 0.402.